The van der Waals surface area contributed by atoms with Crippen molar-refractivity contribution in [3.05, 3.63) is 12.3 Å². The van der Waals surface area contributed by atoms with Gasteiger partial charge in [0.25, 0.3) is 0 Å². The van der Waals surface area contributed by atoms with Crippen LogP contribution in [-0.4, -0.2) is 32.3 Å². The van der Waals surface area contributed by atoms with Crippen molar-refractivity contribution >= 4 is 17.1 Å². The molecule has 0 aromatic carbocycles. The molecule has 80 valence electrons. The van der Waals surface area contributed by atoms with Crippen LogP contribution in [0.1, 0.15) is 6.92 Å². The van der Waals surface area contributed by atoms with E-state index in [4.69, 9.17) is 5.73 Å². The topological polar surface area (TPSA) is 81.7 Å². The van der Waals surface area contributed by atoms with E-state index in [0.29, 0.717) is 6.54 Å². The Hall–Kier alpha value is -1.69. The summed E-state index contributed by atoms with van der Waals surface area (Å²) in [5, 5.41) is 11.0. The van der Waals surface area contributed by atoms with Crippen molar-refractivity contribution in [1.82, 2.24) is 19.7 Å². The molecular formula is C9H14N6. The summed E-state index contributed by atoms with van der Waals surface area (Å²) in [7, 11) is 1.90. The number of hydrogen-bond donors (Lipinski definition) is 2. The van der Waals surface area contributed by atoms with Gasteiger partial charge in [-0.05, 0) is 13.0 Å². The summed E-state index contributed by atoms with van der Waals surface area (Å²) in [5.41, 5.74) is 7.14. The van der Waals surface area contributed by atoms with Gasteiger partial charge in [-0.3, -0.25) is 4.57 Å². The summed E-state index contributed by atoms with van der Waals surface area (Å²) in [6, 6.07) is 2.02. The largest absolute Gasteiger partial charge is 0.352 e. The van der Waals surface area contributed by atoms with Gasteiger partial charge in [-0.1, -0.05) is 0 Å². The summed E-state index contributed by atoms with van der Waals surface area (Å²) >= 11 is 0. The molecule has 0 aliphatic heterocycles. The Morgan fingerprint density at radius 1 is 1.60 bits per heavy atom. The Bertz CT molecular complexity index is 463. The van der Waals surface area contributed by atoms with Gasteiger partial charge in [0.15, 0.2) is 5.65 Å². The zero-order chi connectivity index (χ0) is 10.8. The van der Waals surface area contributed by atoms with Crippen molar-refractivity contribution in [2.24, 2.45) is 12.8 Å². The van der Waals surface area contributed by atoms with Crippen molar-refractivity contribution in [2.75, 3.05) is 11.9 Å². The van der Waals surface area contributed by atoms with Crippen LogP contribution in [0.25, 0.3) is 11.2 Å². The fourth-order valence-electron chi connectivity index (χ4n) is 1.34. The summed E-state index contributed by atoms with van der Waals surface area (Å²) in [5.74, 6) is 0.767. The van der Waals surface area contributed by atoms with Gasteiger partial charge in [-0.25, -0.2) is 4.98 Å². The van der Waals surface area contributed by atoms with Gasteiger partial charge in [0, 0.05) is 19.6 Å². The van der Waals surface area contributed by atoms with Gasteiger partial charge in [-0.15, -0.1) is 5.10 Å². The van der Waals surface area contributed by atoms with E-state index in [0.717, 1.165) is 17.1 Å². The van der Waals surface area contributed by atoms with Gasteiger partial charge in [0.05, 0.1) is 6.20 Å². The van der Waals surface area contributed by atoms with Crippen LogP contribution in [0.15, 0.2) is 12.3 Å². The average Bonchev–Trinajstić information content (AvgIpc) is 2.57. The molecule has 6 heteroatoms. The van der Waals surface area contributed by atoms with Crippen molar-refractivity contribution < 1.29 is 0 Å². The summed E-state index contributed by atoms with van der Waals surface area (Å²) in [6.07, 6.45) is 1.63. The smallest absolute Gasteiger partial charge is 0.205 e. The second-order valence-electron chi connectivity index (χ2n) is 3.52. The van der Waals surface area contributed by atoms with E-state index < -0.39 is 0 Å². The van der Waals surface area contributed by atoms with Crippen LogP contribution in [-0.2, 0) is 7.05 Å². The van der Waals surface area contributed by atoms with Gasteiger partial charge < -0.3 is 11.1 Å². The van der Waals surface area contributed by atoms with Crippen LogP contribution in [0.2, 0.25) is 0 Å². The lowest BCUT2D eigenvalue weighted by atomic mass is 10.3. The minimum absolute atomic E-state index is 0.188. The van der Waals surface area contributed by atoms with E-state index in [1.807, 2.05) is 24.6 Å². The molecule has 0 bridgehead atoms. The molecule has 0 amide bonds. The number of hydrogen-bond acceptors (Lipinski definition) is 5. The van der Waals surface area contributed by atoms with E-state index >= 15 is 0 Å². The van der Waals surface area contributed by atoms with Gasteiger partial charge in [0.1, 0.15) is 5.52 Å². The summed E-state index contributed by atoms with van der Waals surface area (Å²) in [6.45, 7) is 2.57. The van der Waals surface area contributed by atoms with E-state index in [1.165, 1.54) is 0 Å². The SMILES string of the molecule is CC(CN)Nc1nc2ccnnc2n1C. The lowest BCUT2D eigenvalue weighted by Crippen LogP contribution is -2.26. The van der Waals surface area contributed by atoms with Gasteiger partial charge in [-0.2, -0.15) is 5.10 Å². The van der Waals surface area contributed by atoms with Crippen molar-refractivity contribution in [1.29, 1.82) is 0 Å². The summed E-state index contributed by atoms with van der Waals surface area (Å²) < 4.78 is 1.87. The monoisotopic (exact) mass is 206 g/mol. The molecule has 0 saturated carbocycles. The first kappa shape index (κ1) is 9.85. The zero-order valence-electron chi connectivity index (χ0n) is 8.81. The standard InChI is InChI=1S/C9H14N6/c1-6(5-10)12-9-13-7-3-4-11-14-8(7)15(9)2/h3-4,6H,5,10H2,1-2H3,(H,12,13). The van der Waals surface area contributed by atoms with E-state index in [9.17, 15) is 0 Å². The number of rotatable bonds is 3. The molecule has 1 unspecified atom stereocenters. The number of nitrogens with two attached hydrogens (primary N) is 1. The van der Waals surface area contributed by atoms with Crippen LogP contribution in [0.4, 0.5) is 5.95 Å². The third-order valence-electron chi connectivity index (χ3n) is 2.27. The Kier molecular flexibility index (Phi) is 2.51. The second kappa shape index (κ2) is 3.82. The lowest BCUT2D eigenvalue weighted by Gasteiger charge is -2.11. The van der Waals surface area contributed by atoms with Gasteiger partial charge in [0.2, 0.25) is 5.95 Å². The molecule has 0 saturated heterocycles. The predicted octanol–water partition coefficient (Wildman–Crippen LogP) is 0.122. The molecule has 15 heavy (non-hydrogen) atoms. The Balaban J connectivity index is 2.40. The normalized spacial score (nSPS) is 13.0. The maximum absolute atomic E-state index is 5.54. The first-order valence-corrected chi connectivity index (χ1v) is 4.83. The molecule has 2 aromatic heterocycles. The van der Waals surface area contributed by atoms with Crippen LogP contribution in [0.3, 0.4) is 0 Å². The maximum atomic E-state index is 5.54. The highest BCUT2D eigenvalue weighted by Gasteiger charge is 2.09. The molecule has 6 nitrogen and oxygen atoms in total. The molecule has 2 rings (SSSR count). The first-order valence-electron chi connectivity index (χ1n) is 4.83. The van der Waals surface area contributed by atoms with E-state index in [2.05, 4.69) is 20.5 Å². The Labute approximate surface area is 87.5 Å². The molecule has 0 spiro atoms. The minimum atomic E-state index is 0.188. The fourth-order valence-corrected chi connectivity index (χ4v) is 1.34. The number of anilines is 1. The Morgan fingerprint density at radius 2 is 2.40 bits per heavy atom. The van der Waals surface area contributed by atoms with Gasteiger partial charge >= 0.3 is 0 Å². The number of aromatic nitrogens is 4. The number of imidazole rings is 1. The highest BCUT2D eigenvalue weighted by Crippen LogP contribution is 2.14. The molecule has 1 atom stereocenters. The maximum Gasteiger partial charge on any atom is 0.205 e. The number of nitrogens with zero attached hydrogens (tertiary/aromatic N) is 4. The van der Waals surface area contributed by atoms with E-state index in [-0.39, 0.29) is 6.04 Å². The van der Waals surface area contributed by atoms with Crippen LogP contribution >= 0.6 is 0 Å². The predicted molar refractivity (Wildman–Crippen MR) is 58.4 cm³/mol. The molecule has 2 aromatic rings. The summed E-state index contributed by atoms with van der Waals surface area (Å²) in [4.78, 5) is 4.39. The molecule has 0 aliphatic rings. The van der Waals surface area contributed by atoms with Crippen LogP contribution < -0.4 is 11.1 Å². The second-order valence-corrected chi connectivity index (χ2v) is 3.52. The molecule has 0 fully saturated rings. The highest BCUT2D eigenvalue weighted by atomic mass is 15.3. The molecule has 2 heterocycles. The molecule has 0 radical (unpaired) electrons. The van der Waals surface area contributed by atoms with Crippen molar-refractivity contribution in [2.45, 2.75) is 13.0 Å². The Morgan fingerprint density at radius 3 is 3.07 bits per heavy atom. The average molecular weight is 206 g/mol. The minimum Gasteiger partial charge on any atom is -0.352 e. The molecular weight excluding hydrogens is 192 g/mol. The zero-order valence-corrected chi connectivity index (χ0v) is 8.81. The third-order valence-corrected chi connectivity index (χ3v) is 2.27. The number of aryl methyl sites for hydroxylation is 1. The quantitative estimate of drug-likeness (QED) is 0.745. The highest BCUT2D eigenvalue weighted by molar-refractivity contribution is 5.73. The van der Waals surface area contributed by atoms with Crippen molar-refractivity contribution in [3.8, 4) is 0 Å². The van der Waals surface area contributed by atoms with Crippen LogP contribution in [0.5, 0.6) is 0 Å². The molecule has 3 N–H and O–H groups in total. The third kappa shape index (κ3) is 1.75. The number of nitrogens with one attached hydrogen (secondary N) is 1. The first-order chi connectivity index (χ1) is 7.22. The van der Waals surface area contributed by atoms with Crippen molar-refractivity contribution in [3.63, 3.8) is 0 Å². The van der Waals surface area contributed by atoms with E-state index in [1.54, 1.807) is 6.20 Å². The molecule has 0 aliphatic carbocycles. The fraction of sp³-hybridized carbons (Fsp3) is 0.444. The lowest BCUT2D eigenvalue weighted by molar-refractivity contribution is 0.775. The number of fused-ring (bicyclic) bond motifs is 1. The van der Waals surface area contributed by atoms with Crippen LogP contribution in [0, 0.1) is 0 Å².